The average molecular weight is 203 g/mol. The molecule has 0 bridgehead atoms. The van der Waals surface area contributed by atoms with Gasteiger partial charge in [0.1, 0.15) is 0 Å². The predicted molar refractivity (Wildman–Crippen MR) is 38.0 cm³/mol. The molecule has 0 aliphatic carbocycles. The van der Waals surface area contributed by atoms with Crippen LogP contribution in [0.25, 0.3) is 0 Å². The van der Waals surface area contributed by atoms with Crippen LogP contribution in [0.4, 0.5) is 4.79 Å². The smallest absolute Gasteiger partial charge is 0.740 e. The molecule has 66 valence electrons. The Morgan fingerprint density at radius 3 is 2.33 bits per heavy atom. The zero-order chi connectivity index (χ0) is 8.91. The number of hydrogen-bond donors (Lipinski definition) is 1. The average Bonchev–Trinajstić information content (AvgIpc) is 1.86. The van der Waals surface area contributed by atoms with E-state index in [1.54, 1.807) is 0 Å². The SMILES string of the molecule is CCCCNC(=O)S(=O)(=O)[O-].[Na+]. The van der Waals surface area contributed by atoms with Crippen LogP contribution < -0.4 is 34.9 Å². The molecule has 0 saturated carbocycles. The molecule has 1 amide bonds. The number of rotatable bonds is 3. The third-order valence-electron chi connectivity index (χ3n) is 1.03. The third-order valence-corrected chi connectivity index (χ3v) is 1.63. The van der Waals surface area contributed by atoms with Crippen molar-refractivity contribution < 1.29 is 47.3 Å². The van der Waals surface area contributed by atoms with Gasteiger partial charge in [0.25, 0.3) is 0 Å². The summed E-state index contributed by atoms with van der Waals surface area (Å²) >= 11 is 0. The second-order valence-corrected chi connectivity index (χ2v) is 3.30. The van der Waals surface area contributed by atoms with Crippen LogP contribution in [0.2, 0.25) is 0 Å². The molecule has 0 aliphatic heterocycles. The van der Waals surface area contributed by atoms with E-state index >= 15 is 0 Å². The molecule has 7 heteroatoms. The van der Waals surface area contributed by atoms with Crippen LogP contribution in [0.15, 0.2) is 0 Å². The molecule has 0 rings (SSSR count). The maximum Gasteiger partial charge on any atom is 1.00 e. The van der Waals surface area contributed by atoms with Gasteiger partial charge in [-0.1, -0.05) is 13.3 Å². The predicted octanol–water partition coefficient (Wildman–Crippen LogP) is -2.95. The Bertz CT molecular complexity index is 226. The summed E-state index contributed by atoms with van der Waals surface area (Å²) in [5.74, 6) is 0. The largest absolute Gasteiger partial charge is 1.00 e. The van der Waals surface area contributed by atoms with Crippen molar-refractivity contribution in [1.29, 1.82) is 0 Å². The summed E-state index contributed by atoms with van der Waals surface area (Å²) in [4.78, 5) is 10.3. The first-order chi connectivity index (χ1) is 4.98. The van der Waals surface area contributed by atoms with Crippen LogP contribution in [0.1, 0.15) is 19.8 Å². The van der Waals surface area contributed by atoms with Crippen LogP contribution in [0, 0.1) is 0 Å². The van der Waals surface area contributed by atoms with Gasteiger partial charge in [0, 0.05) is 6.54 Å². The molecule has 0 saturated heterocycles. The molecule has 0 spiro atoms. The minimum absolute atomic E-state index is 0. The molecule has 0 aliphatic rings. The molecule has 12 heavy (non-hydrogen) atoms. The number of nitrogens with one attached hydrogen (secondary N) is 1. The van der Waals surface area contributed by atoms with Gasteiger partial charge in [0.2, 0.25) is 0 Å². The molecule has 0 atom stereocenters. The van der Waals surface area contributed by atoms with E-state index < -0.39 is 15.4 Å². The van der Waals surface area contributed by atoms with Crippen molar-refractivity contribution >= 4 is 15.4 Å². The standard InChI is InChI=1S/C5H11NO4S.Na/c1-2-3-4-6-5(7)11(8,9)10;/h2-4H2,1H3,(H,6,7)(H,8,9,10);/q;+1/p-1. The zero-order valence-corrected chi connectivity index (χ0v) is 9.98. The van der Waals surface area contributed by atoms with E-state index in [0.29, 0.717) is 6.42 Å². The van der Waals surface area contributed by atoms with E-state index in [-0.39, 0.29) is 36.1 Å². The molecule has 0 aromatic rings. The monoisotopic (exact) mass is 203 g/mol. The number of amides is 1. The number of unbranched alkanes of at least 4 members (excludes halogenated alkanes) is 1. The van der Waals surface area contributed by atoms with Crippen LogP contribution in [0.5, 0.6) is 0 Å². The first-order valence-corrected chi connectivity index (χ1v) is 4.63. The summed E-state index contributed by atoms with van der Waals surface area (Å²) in [6, 6.07) is 0. The second-order valence-electron chi connectivity index (χ2n) is 2.02. The van der Waals surface area contributed by atoms with Crippen LogP contribution in [0.3, 0.4) is 0 Å². The van der Waals surface area contributed by atoms with Crippen molar-refractivity contribution in [2.75, 3.05) is 6.54 Å². The van der Waals surface area contributed by atoms with Gasteiger partial charge in [-0.2, -0.15) is 0 Å². The molecule has 0 unspecified atom stereocenters. The molecule has 0 aromatic carbocycles. The Hall–Kier alpha value is 0.380. The van der Waals surface area contributed by atoms with Crippen molar-refractivity contribution in [3.8, 4) is 0 Å². The molecular formula is C5H10NNaO4S. The Morgan fingerprint density at radius 2 is 2.00 bits per heavy atom. The molecule has 5 nitrogen and oxygen atoms in total. The number of hydrogen-bond acceptors (Lipinski definition) is 4. The van der Waals surface area contributed by atoms with Crippen LogP contribution >= 0.6 is 0 Å². The normalized spacial score (nSPS) is 10.2. The molecule has 0 aromatic heterocycles. The molecule has 1 N–H and O–H groups in total. The third kappa shape index (κ3) is 7.05. The van der Waals surface area contributed by atoms with Crippen molar-refractivity contribution in [3.63, 3.8) is 0 Å². The fourth-order valence-electron chi connectivity index (χ4n) is 0.456. The first kappa shape index (κ1) is 14.9. The first-order valence-electron chi connectivity index (χ1n) is 3.22. The van der Waals surface area contributed by atoms with Crippen molar-refractivity contribution in [2.24, 2.45) is 0 Å². The molecular weight excluding hydrogens is 193 g/mol. The minimum atomic E-state index is -4.78. The molecule has 0 heterocycles. The van der Waals surface area contributed by atoms with E-state index in [2.05, 4.69) is 0 Å². The zero-order valence-electron chi connectivity index (χ0n) is 7.16. The van der Waals surface area contributed by atoms with Crippen LogP contribution in [-0.2, 0) is 10.1 Å². The number of carbonyl (C=O) groups is 1. The Kier molecular flexibility index (Phi) is 8.49. The summed E-state index contributed by atoms with van der Waals surface area (Å²) in [5.41, 5.74) is 0. The van der Waals surface area contributed by atoms with Gasteiger partial charge in [0.15, 0.2) is 10.1 Å². The Balaban J connectivity index is 0. The van der Waals surface area contributed by atoms with Crippen LogP contribution in [-0.4, -0.2) is 24.8 Å². The van der Waals surface area contributed by atoms with Gasteiger partial charge in [-0.15, -0.1) is 0 Å². The van der Waals surface area contributed by atoms with Gasteiger partial charge in [-0.3, -0.25) is 4.79 Å². The summed E-state index contributed by atoms with van der Waals surface area (Å²) in [6.07, 6.45) is 1.50. The topological polar surface area (TPSA) is 86.3 Å². The van der Waals surface area contributed by atoms with E-state index in [9.17, 15) is 17.8 Å². The summed E-state index contributed by atoms with van der Waals surface area (Å²) in [7, 11) is -4.78. The van der Waals surface area contributed by atoms with Gasteiger partial charge in [-0.25, -0.2) is 8.42 Å². The Morgan fingerprint density at radius 1 is 1.50 bits per heavy atom. The van der Waals surface area contributed by atoms with Crippen molar-refractivity contribution in [3.05, 3.63) is 0 Å². The quantitative estimate of drug-likeness (QED) is 0.302. The second kappa shape index (κ2) is 6.85. The van der Waals surface area contributed by atoms with Gasteiger partial charge in [-0.05, 0) is 6.42 Å². The Labute approximate surface area is 94.0 Å². The van der Waals surface area contributed by atoms with E-state index in [1.807, 2.05) is 12.2 Å². The maximum absolute atomic E-state index is 10.3. The van der Waals surface area contributed by atoms with E-state index in [1.165, 1.54) is 0 Å². The van der Waals surface area contributed by atoms with Gasteiger partial charge >= 0.3 is 34.8 Å². The fraction of sp³-hybridized carbons (Fsp3) is 0.800. The maximum atomic E-state index is 10.3. The fourth-order valence-corrected chi connectivity index (χ4v) is 0.734. The summed E-state index contributed by atoms with van der Waals surface area (Å²) in [6.45, 7) is 2.12. The number of carbonyl (C=O) groups excluding carboxylic acids is 1. The van der Waals surface area contributed by atoms with Gasteiger partial charge < -0.3 is 9.87 Å². The molecule has 0 radical (unpaired) electrons. The molecule has 0 fully saturated rings. The van der Waals surface area contributed by atoms with Crippen molar-refractivity contribution in [2.45, 2.75) is 19.8 Å². The minimum Gasteiger partial charge on any atom is -0.740 e. The van der Waals surface area contributed by atoms with E-state index in [4.69, 9.17) is 0 Å². The van der Waals surface area contributed by atoms with Crippen molar-refractivity contribution in [1.82, 2.24) is 5.32 Å². The van der Waals surface area contributed by atoms with Gasteiger partial charge in [0.05, 0.1) is 0 Å². The van der Waals surface area contributed by atoms with E-state index in [0.717, 1.165) is 6.42 Å². The summed E-state index contributed by atoms with van der Waals surface area (Å²) in [5, 5.41) is 0.545. The summed E-state index contributed by atoms with van der Waals surface area (Å²) < 4.78 is 29.9.